The lowest BCUT2D eigenvalue weighted by Gasteiger charge is -2.13. The number of rotatable bonds is 2. The number of hydrogen-bond acceptors (Lipinski definition) is 5. The van der Waals surface area contributed by atoms with Gasteiger partial charge in [-0.2, -0.15) is 0 Å². The molecule has 0 bridgehead atoms. The molecule has 0 unspecified atom stereocenters. The van der Waals surface area contributed by atoms with Gasteiger partial charge in [-0.3, -0.25) is 10.7 Å². The van der Waals surface area contributed by atoms with Crippen molar-refractivity contribution in [3.05, 3.63) is 53.6 Å². The quantitative estimate of drug-likeness (QED) is 0.551. The number of carbonyl (C=O) groups excluding carboxylic acids is 1. The van der Waals surface area contributed by atoms with Crippen LogP contribution in [0.5, 0.6) is 5.75 Å². The molecule has 2 aromatic carbocycles. The molecule has 0 aliphatic carbocycles. The first-order chi connectivity index (χ1) is 12.0. The van der Waals surface area contributed by atoms with Gasteiger partial charge in [-0.15, -0.1) is 0 Å². The monoisotopic (exact) mass is 338 g/mol. The molecule has 0 aliphatic rings. The van der Waals surface area contributed by atoms with Crippen LogP contribution in [-0.4, -0.2) is 28.8 Å². The predicted molar refractivity (Wildman–Crippen MR) is 95.4 cm³/mol. The number of carbonyl (C=O) groups is 1. The van der Waals surface area contributed by atoms with Crippen LogP contribution in [0.1, 0.15) is 11.1 Å². The standard InChI is InChI=1S/C18H18N4O3/c1-11-8-9-15(12(2)10-11)25-16(19)22-14-7-5-4-6-13(14)20-17(22)21-18(23)24-3/h4-10,19H,1-3H3,(H,20,21,23). The number of hydrogen-bond donors (Lipinski definition) is 2. The maximum Gasteiger partial charge on any atom is 0.413 e. The van der Waals surface area contributed by atoms with E-state index in [1.165, 1.54) is 11.7 Å². The maximum atomic E-state index is 11.6. The number of aryl methyl sites for hydroxylation is 2. The van der Waals surface area contributed by atoms with E-state index in [9.17, 15) is 4.79 Å². The summed E-state index contributed by atoms with van der Waals surface area (Å²) in [6.07, 6.45) is -0.670. The van der Waals surface area contributed by atoms with Crippen LogP contribution in [0.4, 0.5) is 10.7 Å². The average molecular weight is 338 g/mol. The normalized spacial score (nSPS) is 10.5. The van der Waals surface area contributed by atoms with Gasteiger partial charge in [-0.25, -0.2) is 14.3 Å². The van der Waals surface area contributed by atoms with Gasteiger partial charge in [0.05, 0.1) is 18.1 Å². The van der Waals surface area contributed by atoms with Gasteiger partial charge < -0.3 is 9.47 Å². The predicted octanol–water partition coefficient (Wildman–Crippen LogP) is 3.69. The Balaban J connectivity index is 2.01. The fraction of sp³-hybridized carbons (Fsp3) is 0.167. The van der Waals surface area contributed by atoms with Crippen LogP contribution in [0.2, 0.25) is 0 Å². The number of amides is 1. The van der Waals surface area contributed by atoms with E-state index >= 15 is 0 Å². The van der Waals surface area contributed by atoms with Gasteiger partial charge in [0.25, 0.3) is 0 Å². The summed E-state index contributed by atoms with van der Waals surface area (Å²) >= 11 is 0. The molecule has 2 N–H and O–H groups in total. The zero-order chi connectivity index (χ0) is 18.0. The van der Waals surface area contributed by atoms with E-state index in [-0.39, 0.29) is 12.0 Å². The minimum absolute atomic E-state index is 0.155. The summed E-state index contributed by atoms with van der Waals surface area (Å²) < 4.78 is 11.8. The van der Waals surface area contributed by atoms with E-state index < -0.39 is 6.09 Å². The Morgan fingerprint density at radius 1 is 1.20 bits per heavy atom. The van der Waals surface area contributed by atoms with Gasteiger partial charge in [-0.1, -0.05) is 29.8 Å². The van der Waals surface area contributed by atoms with Crippen molar-refractivity contribution in [1.29, 1.82) is 5.41 Å². The first-order valence-electron chi connectivity index (χ1n) is 7.66. The van der Waals surface area contributed by atoms with Crippen molar-refractivity contribution < 1.29 is 14.3 Å². The van der Waals surface area contributed by atoms with Crippen molar-refractivity contribution in [1.82, 2.24) is 9.55 Å². The van der Waals surface area contributed by atoms with Crippen LogP contribution < -0.4 is 10.1 Å². The highest BCUT2D eigenvalue weighted by molar-refractivity contribution is 5.95. The lowest BCUT2D eigenvalue weighted by atomic mass is 10.1. The minimum Gasteiger partial charge on any atom is -0.453 e. The Morgan fingerprint density at radius 3 is 2.68 bits per heavy atom. The molecule has 0 atom stereocenters. The third kappa shape index (κ3) is 3.30. The summed E-state index contributed by atoms with van der Waals surface area (Å²) in [5.41, 5.74) is 3.29. The zero-order valence-electron chi connectivity index (χ0n) is 14.2. The Bertz CT molecular complexity index is 962. The number of anilines is 1. The van der Waals surface area contributed by atoms with Crippen LogP contribution in [0.3, 0.4) is 0 Å². The molecular weight excluding hydrogens is 320 g/mol. The molecule has 1 amide bonds. The number of nitrogens with one attached hydrogen (secondary N) is 2. The van der Waals surface area contributed by atoms with E-state index in [2.05, 4.69) is 15.0 Å². The molecule has 3 aromatic rings. The van der Waals surface area contributed by atoms with Crippen molar-refractivity contribution in [2.45, 2.75) is 13.8 Å². The molecule has 7 nitrogen and oxygen atoms in total. The highest BCUT2D eigenvalue weighted by Gasteiger charge is 2.18. The number of fused-ring (bicyclic) bond motifs is 1. The van der Waals surface area contributed by atoms with Gasteiger partial charge >= 0.3 is 12.1 Å². The number of nitrogens with zero attached hydrogens (tertiary/aromatic N) is 2. The summed E-state index contributed by atoms with van der Waals surface area (Å²) in [5.74, 6) is 0.722. The third-order valence-electron chi connectivity index (χ3n) is 3.70. The summed E-state index contributed by atoms with van der Waals surface area (Å²) in [4.78, 5) is 15.9. The lowest BCUT2D eigenvalue weighted by molar-refractivity contribution is 0.186. The Kier molecular flexibility index (Phi) is 4.38. The molecule has 0 radical (unpaired) electrons. The third-order valence-corrected chi connectivity index (χ3v) is 3.70. The molecule has 0 aliphatic heterocycles. The minimum atomic E-state index is -0.670. The van der Waals surface area contributed by atoms with Crippen molar-refractivity contribution in [3.8, 4) is 5.75 Å². The summed E-state index contributed by atoms with van der Waals surface area (Å²) in [6.45, 7) is 3.90. The fourth-order valence-electron chi connectivity index (χ4n) is 2.52. The number of benzene rings is 2. The van der Waals surface area contributed by atoms with Gasteiger partial charge in [0.2, 0.25) is 5.95 Å². The second-order valence-electron chi connectivity index (χ2n) is 5.55. The van der Waals surface area contributed by atoms with Crippen LogP contribution >= 0.6 is 0 Å². The van der Waals surface area contributed by atoms with Gasteiger partial charge in [-0.05, 0) is 37.6 Å². The molecule has 0 spiro atoms. The fourth-order valence-corrected chi connectivity index (χ4v) is 2.52. The first kappa shape index (κ1) is 16.5. The molecule has 0 fully saturated rings. The van der Waals surface area contributed by atoms with E-state index in [0.29, 0.717) is 16.8 Å². The number of aromatic nitrogens is 2. The van der Waals surface area contributed by atoms with Crippen LogP contribution in [0.25, 0.3) is 11.0 Å². The smallest absolute Gasteiger partial charge is 0.413 e. The summed E-state index contributed by atoms with van der Waals surface area (Å²) in [5, 5.41) is 10.9. The van der Waals surface area contributed by atoms with E-state index in [4.69, 9.17) is 10.1 Å². The zero-order valence-corrected chi connectivity index (χ0v) is 14.2. The second-order valence-corrected chi connectivity index (χ2v) is 5.55. The second kappa shape index (κ2) is 6.64. The van der Waals surface area contributed by atoms with E-state index in [1.54, 1.807) is 12.1 Å². The molecular formula is C18H18N4O3. The van der Waals surface area contributed by atoms with Gasteiger partial charge in [0, 0.05) is 0 Å². The van der Waals surface area contributed by atoms with Crippen LogP contribution in [0.15, 0.2) is 42.5 Å². The summed E-state index contributed by atoms with van der Waals surface area (Å²) in [6, 6.07) is 12.8. The number of ether oxygens (including phenoxy) is 2. The van der Waals surface area contributed by atoms with E-state index in [1.807, 2.05) is 44.2 Å². The molecule has 0 saturated carbocycles. The van der Waals surface area contributed by atoms with Crippen LogP contribution in [0, 0.1) is 19.3 Å². The molecule has 7 heteroatoms. The Morgan fingerprint density at radius 2 is 1.96 bits per heavy atom. The first-order valence-corrected chi connectivity index (χ1v) is 7.66. The number of imidazole rings is 1. The van der Waals surface area contributed by atoms with Crippen LogP contribution in [-0.2, 0) is 4.74 Å². The molecule has 1 heterocycles. The van der Waals surface area contributed by atoms with Gasteiger partial charge in [0.15, 0.2) is 0 Å². The number of para-hydroxylation sites is 2. The molecule has 3 rings (SSSR count). The largest absolute Gasteiger partial charge is 0.453 e. The lowest BCUT2D eigenvalue weighted by Crippen LogP contribution is -2.23. The summed E-state index contributed by atoms with van der Waals surface area (Å²) in [7, 11) is 1.26. The van der Waals surface area contributed by atoms with Crippen molar-refractivity contribution in [3.63, 3.8) is 0 Å². The Hall–Kier alpha value is -3.35. The Labute approximate surface area is 144 Å². The number of methoxy groups -OCH3 is 1. The van der Waals surface area contributed by atoms with Crippen molar-refractivity contribution in [2.24, 2.45) is 0 Å². The SMILES string of the molecule is COC(=O)Nc1nc2ccccc2n1C(=N)Oc1ccc(C)cc1C. The molecule has 1 aromatic heterocycles. The van der Waals surface area contributed by atoms with Gasteiger partial charge in [0.1, 0.15) is 5.75 Å². The molecule has 128 valence electrons. The molecule has 0 saturated heterocycles. The van der Waals surface area contributed by atoms with Crippen molar-refractivity contribution in [2.75, 3.05) is 12.4 Å². The topological polar surface area (TPSA) is 89.2 Å². The molecule has 25 heavy (non-hydrogen) atoms. The maximum absolute atomic E-state index is 11.6. The van der Waals surface area contributed by atoms with Crippen molar-refractivity contribution >= 4 is 29.1 Å². The highest BCUT2D eigenvalue weighted by atomic mass is 16.5. The van der Waals surface area contributed by atoms with E-state index in [0.717, 1.165) is 11.1 Å². The average Bonchev–Trinajstić information content (AvgIpc) is 2.95. The highest BCUT2D eigenvalue weighted by Crippen LogP contribution is 2.23.